The fraction of sp³-hybridized carbons (Fsp3) is 0.800. The zero-order chi connectivity index (χ0) is 15.8. The summed E-state index contributed by atoms with van der Waals surface area (Å²) in [6.45, 7) is 3.64. The number of carbonyl (C=O) groups excluding carboxylic acids is 2. The van der Waals surface area contributed by atoms with E-state index in [4.69, 9.17) is 5.11 Å². The van der Waals surface area contributed by atoms with Crippen molar-refractivity contribution in [3.05, 3.63) is 0 Å². The van der Waals surface area contributed by atoms with Crippen LogP contribution in [0.3, 0.4) is 0 Å². The van der Waals surface area contributed by atoms with Gasteiger partial charge in [-0.1, -0.05) is 33.1 Å². The van der Waals surface area contributed by atoms with Gasteiger partial charge in [-0.15, -0.1) is 0 Å². The van der Waals surface area contributed by atoms with E-state index < -0.39 is 17.9 Å². The van der Waals surface area contributed by atoms with Crippen LogP contribution in [0, 0.1) is 11.8 Å². The van der Waals surface area contributed by atoms with E-state index in [1.54, 1.807) is 0 Å². The second-order valence-electron chi connectivity index (χ2n) is 6.14. The van der Waals surface area contributed by atoms with Gasteiger partial charge in [0, 0.05) is 5.92 Å². The molecule has 1 atom stereocenters. The van der Waals surface area contributed by atoms with Gasteiger partial charge in [0.25, 0.3) is 0 Å². The number of carbonyl (C=O) groups is 3. The van der Waals surface area contributed by atoms with Gasteiger partial charge in [-0.2, -0.15) is 0 Å². The van der Waals surface area contributed by atoms with Gasteiger partial charge in [0.05, 0.1) is 6.54 Å². The average Bonchev–Trinajstić information content (AvgIpc) is 2.44. The van der Waals surface area contributed by atoms with Crippen molar-refractivity contribution in [1.29, 1.82) is 0 Å². The molecule has 1 rings (SSSR count). The van der Waals surface area contributed by atoms with Crippen LogP contribution in [-0.2, 0) is 14.4 Å². The van der Waals surface area contributed by atoms with Crippen LogP contribution in [0.25, 0.3) is 0 Å². The lowest BCUT2D eigenvalue weighted by Crippen LogP contribution is -2.47. The molecule has 0 aromatic rings. The predicted octanol–water partition coefficient (Wildman–Crippen LogP) is 1.30. The summed E-state index contributed by atoms with van der Waals surface area (Å²) in [6, 6.07) is -0.899. The molecule has 0 aliphatic heterocycles. The van der Waals surface area contributed by atoms with E-state index in [1.165, 1.54) is 6.42 Å². The number of aliphatic carboxylic acids is 1. The molecule has 0 aromatic carbocycles. The second kappa shape index (κ2) is 8.64. The number of carboxylic acid groups (broad SMARTS) is 1. The van der Waals surface area contributed by atoms with E-state index in [0.717, 1.165) is 25.7 Å². The number of amides is 2. The quantitative estimate of drug-likeness (QED) is 0.660. The number of rotatable bonds is 7. The topological polar surface area (TPSA) is 95.5 Å². The second-order valence-corrected chi connectivity index (χ2v) is 6.14. The molecule has 6 heteroatoms. The molecule has 0 heterocycles. The highest BCUT2D eigenvalue weighted by Gasteiger charge is 2.23. The van der Waals surface area contributed by atoms with Crippen LogP contribution >= 0.6 is 0 Å². The lowest BCUT2D eigenvalue weighted by atomic mass is 9.89. The van der Waals surface area contributed by atoms with Crippen molar-refractivity contribution in [2.75, 3.05) is 6.54 Å². The van der Waals surface area contributed by atoms with E-state index in [-0.39, 0.29) is 24.3 Å². The molecule has 0 saturated heterocycles. The SMILES string of the molecule is CC(C)C[C@@H](NC(=O)CNC(=O)C1CCCCC1)C(=O)O. The van der Waals surface area contributed by atoms with E-state index in [1.807, 2.05) is 13.8 Å². The fourth-order valence-electron chi connectivity index (χ4n) is 2.61. The van der Waals surface area contributed by atoms with Crippen molar-refractivity contribution >= 4 is 17.8 Å². The third-order valence-corrected chi connectivity index (χ3v) is 3.74. The van der Waals surface area contributed by atoms with Gasteiger partial charge in [0.1, 0.15) is 6.04 Å². The molecule has 21 heavy (non-hydrogen) atoms. The van der Waals surface area contributed by atoms with E-state index in [2.05, 4.69) is 10.6 Å². The highest BCUT2D eigenvalue weighted by molar-refractivity contribution is 5.88. The number of carboxylic acids is 1. The Morgan fingerprint density at radius 2 is 1.76 bits per heavy atom. The van der Waals surface area contributed by atoms with Crippen molar-refractivity contribution in [3.8, 4) is 0 Å². The zero-order valence-electron chi connectivity index (χ0n) is 12.9. The Morgan fingerprint density at radius 3 is 2.29 bits per heavy atom. The molecular weight excluding hydrogens is 272 g/mol. The van der Waals surface area contributed by atoms with Gasteiger partial charge in [-0.3, -0.25) is 9.59 Å². The van der Waals surface area contributed by atoms with Gasteiger partial charge in [-0.05, 0) is 25.2 Å². The third-order valence-electron chi connectivity index (χ3n) is 3.74. The lowest BCUT2D eigenvalue weighted by Gasteiger charge is -2.21. The van der Waals surface area contributed by atoms with Crippen LogP contribution in [-0.4, -0.2) is 35.5 Å². The molecule has 0 spiro atoms. The molecular formula is C15H26N2O4. The normalized spacial score (nSPS) is 17.3. The van der Waals surface area contributed by atoms with E-state index in [0.29, 0.717) is 6.42 Å². The Bertz CT molecular complexity index is 376. The molecule has 1 fully saturated rings. The fourth-order valence-corrected chi connectivity index (χ4v) is 2.61. The Hall–Kier alpha value is -1.59. The van der Waals surface area contributed by atoms with Crippen molar-refractivity contribution in [1.82, 2.24) is 10.6 Å². The van der Waals surface area contributed by atoms with Gasteiger partial charge in [0.15, 0.2) is 0 Å². The largest absolute Gasteiger partial charge is 0.480 e. The summed E-state index contributed by atoms with van der Waals surface area (Å²) in [5, 5.41) is 14.1. The summed E-state index contributed by atoms with van der Waals surface area (Å²) in [6.07, 6.45) is 5.40. The molecule has 6 nitrogen and oxygen atoms in total. The molecule has 0 radical (unpaired) electrons. The van der Waals surface area contributed by atoms with Crippen molar-refractivity contribution in [2.45, 2.75) is 58.4 Å². The van der Waals surface area contributed by atoms with Gasteiger partial charge < -0.3 is 15.7 Å². The molecule has 120 valence electrons. The highest BCUT2D eigenvalue weighted by Crippen LogP contribution is 2.23. The molecule has 2 amide bonds. The summed E-state index contributed by atoms with van der Waals surface area (Å²) >= 11 is 0. The summed E-state index contributed by atoms with van der Waals surface area (Å²) in [7, 11) is 0. The Balaban J connectivity index is 2.34. The number of hydrogen-bond donors (Lipinski definition) is 3. The standard InChI is InChI=1S/C15H26N2O4/c1-10(2)8-12(15(20)21)17-13(18)9-16-14(19)11-6-4-3-5-7-11/h10-12H,3-9H2,1-2H3,(H,16,19)(H,17,18)(H,20,21)/t12-/m1/s1. The Kier molecular flexibility index (Phi) is 7.19. The van der Waals surface area contributed by atoms with Crippen LogP contribution in [0.1, 0.15) is 52.4 Å². The van der Waals surface area contributed by atoms with E-state index in [9.17, 15) is 14.4 Å². The maximum Gasteiger partial charge on any atom is 0.326 e. The summed E-state index contributed by atoms with van der Waals surface area (Å²) < 4.78 is 0. The minimum Gasteiger partial charge on any atom is -0.480 e. The van der Waals surface area contributed by atoms with Crippen LogP contribution in [0.2, 0.25) is 0 Å². The predicted molar refractivity (Wildman–Crippen MR) is 78.6 cm³/mol. The molecule has 1 aliphatic rings. The highest BCUT2D eigenvalue weighted by atomic mass is 16.4. The summed E-state index contributed by atoms with van der Waals surface area (Å²) in [5.41, 5.74) is 0. The van der Waals surface area contributed by atoms with Crippen molar-refractivity contribution in [3.63, 3.8) is 0 Å². The van der Waals surface area contributed by atoms with Crippen LogP contribution in [0.15, 0.2) is 0 Å². The average molecular weight is 298 g/mol. The van der Waals surface area contributed by atoms with Crippen LogP contribution < -0.4 is 10.6 Å². The minimum atomic E-state index is -1.05. The van der Waals surface area contributed by atoms with Crippen LogP contribution in [0.4, 0.5) is 0 Å². The minimum absolute atomic E-state index is 0.00233. The smallest absolute Gasteiger partial charge is 0.326 e. The molecule has 0 unspecified atom stereocenters. The third kappa shape index (κ3) is 6.60. The molecule has 0 aromatic heterocycles. The molecule has 3 N–H and O–H groups in total. The van der Waals surface area contributed by atoms with Gasteiger partial charge >= 0.3 is 5.97 Å². The van der Waals surface area contributed by atoms with Gasteiger partial charge in [-0.25, -0.2) is 4.79 Å². The zero-order valence-corrected chi connectivity index (χ0v) is 12.9. The van der Waals surface area contributed by atoms with Gasteiger partial charge in [0.2, 0.25) is 11.8 Å². The van der Waals surface area contributed by atoms with Crippen molar-refractivity contribution in [2.24, 2.45) is 11.8 Å². The molecule has 0 bridgehead atoms. The van der Waals surface area contributed by atoms with Crippen molar-refractivity contribution < 1.29 is 19.5 Å². The first-order valence-corrected chi connectivity index (χ1v) is 7.70. The summed E-state index contributed by atoms with van der Waals surface area (Å²) in [5.74, 6) is -1.43. The Labute approximate surface area is 125 Å². The lowest BCUT2D eigenvalue weighted by molar-refractivity contribution is -0.142. The first-order chi connectivity index (χ1) is 9.90. The molecule has 1 saturated carbocycles. The first-order valence-electron chi connectivity index (χ1n) is 7.70. The number of hydrogen-bond acceptors (Lipinski definition) is 3. The molecule has 1 aliphatic carbocycles. The summed E-state index contributed by atoms with van der Waals surface area (Å²) in [4.78, 5) is 34.7. The maximum absolute atomic E-state index is 11.9. The van der Waals surface area contributed by atoms with Crippen LogP contribution in [0.5, 0.6) is 0 Å². The monoisotopic (exact) mass is 298 g/mol. The Morgan fingerprint density at radius 1 is 1.14 bits per heavy atom. The maximum atomic E-state index is 11.9. The first kappa shape index (κ1) is 17.5. The number of nitrogens with one attached hydrogen (secondary N) is 2. The van der Waals surface area contributed by atoms with E-state index >= 15 is 0 Å².